The van der Waals surface area contributed by atoms with Gasteiger partial charge in [-0.05, 0) is 17.7 Å². The largest absolute Gasteiger partial charge is 0.200 e. The molecule has 0 spiro atoms. The first kappa shape index (κ1) is 7.41. The zero-order chi connectivity index (χ0) is 8.27. The Morgan fingerprint density at radius 1 is 1.82 bits per heavy atom. The third-order valence-corrected chi connectivity index (χ3v) is 1.05. The summed E-state index contributed by atoms with van der Waals surface area (Å²) in [5.41, 5.74) is 0.745. The van der Waals surface area contributed by atoms with Crippen LogP contribution in [0.25, 0.3) is 5.57 Å². The Kier molecular flexibility index (Phi) is 1.97. The van der Waals surface area contributed by atoms with Gasteiger partial charge in [-0.1, -0.05) is 6.58 Å². The Balaban J connectivity index is 2.83. The topological polar surface area (TPSA) is 67.4 Å². The first-order valence-corrected chi connectivity index (χ1v) is 3.04. The van der Waals surface area contributed by atoms with Gasteiger partial charge in [0, 0.05) is 0 Å². The lowest BCUT2D eigenvalue weighted by molar-refractivity contribution is 0.588. The predicted octanol–water partition coefficient (Wildman–Crippen LogP) is 0.230. The fourth-order valence-electron chi connectivity index (χ4n) is 0.544. The van der Waals surface area contributed by atoms with E-state index in [0.717, 1.165) is 5.57 Å². The number of tetrazole rings is 1. The van der Waals surface area contributed by atoms with Gasteiger partial charge < -0.3 is 0 Å². The molecule has 0 fully saturated rings. The van der Waals surface area contributed by atoms with Crippen molar-refractivity contribution in [2.45, 2.75) is 13.5 Å². The second-order valence-corrected chi connectivity index (χ2v) is 2.08. The van der Waals surface area contributed by atoms with Crippen molar-refractivity contribution in [2.75, 3.05) is 0 Å². The van der Waals surface area contributed by atoms with E-state index in [1.165, 1.54) is 4.80 Å². The highest BCUT2D eigenvalue weighted by Gasteiger charge is 2.00. The molecule has 0 radical (unpaired) electrons. The summed E-state index contributed by atoms with van der Waals surface area (Å²) in [6, 6.07) is 1.90. The lowest BCUT2D eigenvalue weighted by Crippen LogP contribution is -2.00. The van der Waals surface area contributed by atoms with Gasteiger partial charge in [-0.15, -0.1) is 15.0 Å². The van der Waals surface area contributed by atoms with E-state index in [9.17, 15) is 0 Å². The van der Waals surface area contributed by atoms with Crippen LogP contribution in [-0.2, 0) is 6.54 Å². The lowest BCUT2D eigenvalue weighted by atomic mass is 10.3. The highest BCUT2D eigenvalue weighted by Crippen LogP contribution is 2.00. The van der Waals surface area contributed by atoms with E-state index in [0.29, 0.717) is 5.82 Å². The lowest BCUT2D eigenvalue weighted by Gasteiger charge is -1.85. The first-order chi connectivity index (χ1) is 5.24. The maximum Gasteiger partial charge on any atom is 0.200 e. The molecule has 0 saturated carbocycles. The SMILES string of the molecule is C=C(C)c1nnn(CC#N)n1. The van der Waals surface area contributed by atoms with Crippen LogP contribution in [0.2, 0.25) is 0 Å². The molecule has 0 aromatic carbocycles. The van der Waals surface area contributed by atoms with Gasteiger partial charge in [0.1, 0.15) is 6.54 Å². The fraction of sp³-hybridized carbons (Fsp3) is 0.333. The van der Waals surface area contributed by atoms with Crippen LogP contribution in [0.15, 0.2) is 6.58 Å². The first-order valence-electron chi connectivity index (χ1n) is 3.04. The highest BCUT2D eigenvalue weighted by molar-refractivity contribution is 5.52. The number of aromatic nitrogens is 4. The van der Waals surface area contributed by atoms with Crippen LogP contribution in [0.4, 0.5) is 0 Å². The summed E-state index contributed by atoms with van der Waals surface area (Å²) in [5.74, 6) is 0.486. The van der Waals surface area contributed by atoms with Crippen molar-refractivity contribution in [2.24, 2.45) is 0 Å². The zero-order valence-electron chi connectivity index (χ0n) is 6.15. The van der Waals surface area contributed by atoms with E-state index < -0.39 is 0 Å². The molecule has 5 heteroatoms. The van der Waals surface area contributed by atoms with Crippen molar-refractivity contribution >= 4 is 5.57 Å². The van der Waals surface area contributed by atoms with Crippen molar-refractivity contribution in [1.82, 2.24) is 20.2 Å². The van der Waals surface area contributed by atoms with E-state index in [2.05, 4.69) is 22.0 Å². The quantitative estimate of drug-likeness (QED) is 0.603. The molecule has 0 N–H and O–H groups in total. The van der Waals surface area contributed by atoms with Crippen LogP contribution in [0, 0.1) is 11.3 Å². The van der Waals surface area contributed by atoms with Gasteiger partial charge in [0.15, 0.2) is 5.82 Å². The van der Waals surface area contributed by atoms with Crippen molar-refractivity contribution in [1.29, 1.82) is 5.26 Å². The van der Waals surface area contributed by atoms with Gasteiger partial charge in [-0.2, -0.15) is 5.26 Å². The van der Waals surface area contributed by atoms with Crippen molar-refractivity contribution in [3.05, 3.63) is 12.4 Å². The van der Waals surface area contributed by atoms with E-state index in [1.807, 2.05) is 6.07 Å². The maximum atomic E-state index is 8.27. The van der Waals surface area contributed by atoms with Crippen LogP contribution in [0.3, 0.4) is 0 Å². The number of hydrogen-bond donors (Lipinski definition) is 0. The summed E-state index contributed by atoms with van der Waals surface area (Å²) in [6.07, 6.45) is 0. The Hall–Kier alpha value is -1.70. The Morgan fingerprint density at radius 2 is 2.55 bits per heavy atom. The smallest absolute Gasteiger partial charge is 0.196 e. The molecule has 0 aliphatic rings. The molecule has 1 aromatic rings. The normalized spacial score (nSPS) is 9.09. The van der Waals surface area contributed by atoms with Crippen LogP contribution in [0.1, 0.15) is 12.7 Å². The third-order valence-electron chi connectivity index (χ3n) is 1.05. The van der Waals surface area contributed by atoms with Crippen LogP contribution < -0.4 is 0 Å². The molecule has 0 amide bonds. The number of rotatable bonds is 2. The van der Waals surface area contributed by atoms with Gasteiger partial charge in [0.25, 0.3) is 0 Å². The molecule has 0 aliphatic carbocycles. The number of allylic oxidation sites excluding steroid dienone is 1. The summed E-state index contributed by atoms with van der Waals surface area (Å²) >= 11 is 0. The van der Waals surface area contributed by atoms with E-state index in [1.54, 1.807) is 6.92 Å². The minimum Gasteiger partial charge on any atom is -0.196 e. The Labute approximate surface area is 63.9 Å². The molecule has 1 rings (SSSR count). The summed E-state index contributed by atoms with van der Waals surface area (Å²) in [5, 5.41) is 19.4. The van der Waals surface area contributed by atoms with Crippen LogP contribution in [0.5, 0.6) is 0 Å². The number of nitriles is 1. The number of hydrogen-bond acceptors (Lipinski definition) is 4. The Morgan fingerprint density at radius 3 is 3.00 bits per heavy atom. The second kappa shape index (κ2) is 2.92. The summed E-state index contributed by atoms with van der Waals surface area (Å²) < 4.78 is 0. The molecule has 56 valence electrons. The molecule has 0 bridgehead atoms. The van der Waals surface area contributed by atoms with Crippen molar-refractivity contribution in [3.8, 4) is 6.07 Å². The average molecular weight is 149 g/mol. The minimum absolute atomic E-state index is 0.125. The number of nitrogens with zero attached hydrogens (tertiary/aromatic N) is 5. The fourth-order valence-corrected chi connectivity index (χ4v) is 0.544. The summed E-state index contributed by atoms with van der Waals surface area (Å²) in [7, 11) is 0. The van der Waals surface area contributed by atoms with Crippen LogP contribution in [-0.4, -0.2) is 20.2 Å². The predicted molar refractivity (Wildman–Crippen MR) is 38.1 cm³/mol. The third kappa shape index (κ3) is 1.61. The molecular formula is C6H7N5. The molecule has 0 aliphatic heterocycles. The van der Waals surface area contributed by atoms with E-state index in [-0.39, 0.29) is 6.54 Å². The molecule has 0 atom stereocenters. The molecule has 1 aromatic heterocycles. The van der Waals surface area contributed by atoms with Gasteiger partial charge >= 0.3 is 0 Å². The molecule has 1 heterocycles. The molecule has 5 nitrogen and oxygen atoms in total. The average Bonchev–Trinajstić information content (AvgIpc) is 2.37. The van der Waals surface area contributed by atoms with E-state index >= 15 is 0 Å². The van der Waals surface area contributed by atoms with Crippen LogP contribution >= 0.6 is 0 Å². The van der Waals surface area contributed by atoms with Crippen molar-refractivity contribution in [3.63, 3.8) is 0 Å². The second-order valence-electron chi connectivity index (χ2n) is 2.08. The molecule has 11 heavy (non-hydrogen) atoms. The Bertz CT molecular complexity index is 305. The highest BCUT2D eigenvalue weighted by atomic mass is 15.6. The maximum absolute atomic E-state index is 8.27. The molecule has 0 saturated heterocycles. The standard InChI is InChI=1S/C6H7N5/c1-5(2)6-8-10-11(9-6)4-3-7/h1,4H2,2H3. The molecule has 0 unspecified atom stereocenters. The van der Waals surface area contributed by atoms with Gasteiger partial charge in [0.05, 0.1) is 6.07 Å². The summed E-state index contributed by atoms with van der Waals surface area (Å²) in [6.45, 7) is 5.55. The van der Waals surface area contributed by atoms with E-state index in [4.69, 9.17) is 5.26 Å². The van der Waals surface area contributed by atoms with Crippen molar-refractivity contribution < 1.29 is 0 Å². The summed E-state index contributed by atoms with van der Waals surface area (Å²) in [4.78, 5) is 1.23. The van der Waals surface area contributed by atoms with Gasteiger partial charge in [-0.3, -0.25) is 0 Å². The van der Waals surface area contributed by atoms with Gasteiger partial charge in [-0.25, -0.2) is 0 Å². The minimum atomic E-state index is 0.125. The zero-order valence-corrected chi connectivity index (χ0v) is 6.15. The molecular weight excluding hydrogens is 142 g/mol. The monoisotopic (exact) mass is 149 g/mol. The van der Waals surface area contributed by atoms with Gasteiger partial charge in [0.2, 0.25) is 0 Å².